The Morgan fingerprint density at radius 3 is 2.58 bits per heavy atom. The van der Waals surface area contributed by atoms with Crippen LogP contribution in [0.2, 0.25) is 0 Å². The third-order valence-corrected chi connectivity index (χ3v) is 1.45. The summed E-state index contributed by atoms with van der Waals surface area (Å²) >= 11 is 0. The molecule has 0 aliphatic heterocycles. The Morgan fingerprint density at radius 1 is 1.58 bits per heavy atom. The Labute approximate surface area is 72.7 Å². The van der Waals surface area contributed by atoms with Gasteiger partial charge in [0.05, 0.1) is 6.61 Å². The predicted octanol–water partition coefficient (Wildman–Crippen LogP) is 0.461. The summed E-state index contributed by atoms with van der Waals surface area (Å²) in [6, 6.07) is -0.892. The fraction of sp³-hybridized carbons (Fsp3) is 0.875. The van der Waals surface area contributed by atoms with Crippen LogP contribution in [0.4, 0.5) is 0 Å². The van der Waals surface area contributed by atoms with Crippen molar-refractivity contribution in [2.75, 3.05) is 13.2 Å². The van der Waals surface area contributed by atoms with Gasteiger partial charge in [0, 0.05) is 6.61 Å². The van der Waals surface area contributed by atoms with Crippen molar-refractivity contribution in [3.8, 4) is 0 Å². The van der Waals surface area contributed by atoms with E-state index in [2.05, 4.69) is 13.8 Å². The van der Waals surface area contributed by atoms with Crippen molar-refractivity contribution in [2.45, 2.75) is 26.3 Å². The molecule has 0 heterocycles. The van der Waals surface area contributed by atoms with Crippen LogP contribution >= 0.6 is 0 Å². The van der Waals surface area contributed by atoms with Gasteiger partial charge in [-0.05, 0) is 12.3 Å². The molecule has 0 aromatic rings. The molecule has 0 saturated carbocycles. The first-order valence-corrected chi connectivity index (χ1v) is 4.10. The molecule has 0 aliphatic rings. The normalized spacial score (nSPS) is 13.3. The molecular weight excluding hydrogens is 158 g/mol. The smallest absolute Gasteiger partial charge is 0.322 e. The third-order valence-electron chi connectivity index (χ3n) is 1.45. The molecule has 0 rings (SSSR count). The molecule has 12 heavy (non-hydrogen) atoms. The summed E-state index contributed by atoms with van der Waals surface area (Å²) < 4.78 is 5.06. The van der Waals surface area contributed by atoms with E-state index in [4.69, 9.17) is 15.6 Å². The molecule has 0 fully saturated rings. The molecular formula is C8H17NO3. The van der Waals surface area contributed by atoms with Gasteiger partial charge >= 0.3 is 5.97 Å². The third kappa shape index (κ3) is 6.12. The van der Waals surface area contributed by atoms with Gasteiger partial charge in [0.1, 0.15) is 6.04 Å². The second-order valence-electron chi connectivity index (χ2n) is 3.20. The van der Waals surface area contributed by atoms with Crippen LogP contribution in [0.25, 0.3) is 0 Å². The highest BCUT2D eigenvalue weighted by molar-refractivity contribution is 5.73. The molecule has 4 heteroatoms. The number of hydrogen-bond acceptors (Lipinski definition) is 3. The SMILES string of the molecule is CC(C)CCOC[C@@H](N)C(=O)O. The van der Waals surface area contributed by atoms with Crippen LogP contribution in [0.3, 0.4) is 0 Å². The lowest BCUT2D eigenvalue weighted by Crippen LogP contribution is -2.35. The monoisotopic (exact) mass is 175 g/mol. The van der Waals surface area contributed by atoms with Crippen molar-refractivity contribution in [1.29, 1.82) is 0 Å². The summed E-state index contributed by atoms with van der Waals surface area (Å²) in [7, 11) is 0. The van der Waals surface area contributed by atoms with E-state index in [9.17, 15) is 4.79 Å². The molecule has 1 atom stereocenters. The molecule has 0 saturated heterocycles. The van der Waals surface area contributed by atoms with E-state index in [1.807, 2.05) is 0 Å². The van der Waals surface area contributed by atoms with Crippen LogP contribution in [-0.4, -0.2) is 30.3 Å². The molecule has 0 bridgehead atoms. The average molecular weight is 175 g/mol. The van der Waals surface area contributed by atoms with Gasteiger partial charge in [0.2, 0.25) is 0 Å². The van der Waals surface area contributed by atoms with Crippen molar-refractivity contribution in [3.05, 3.63) is 0 Å². The molecule has 0 aromatic carbocycles. The van der Waals surface area contributed by atoms with Crippen LogP contribution in [0.1, 0.15) is 20.3 Å². The van der Waals surface area contributed by atoms with Gasteiger partial charge < -0.3 is 15.6 Å². The van der Waals surface area contributed by atoms with E-state index in [0.717, 1.165) is 6.42 Å². The van der Waals surface area contributed by atoms with E-state index in [0.29, 0.717) is 12.5 Å². The standard InChI is InChI=1S/C8H17NO3/c1-6(2)3-4-12-5-7(9)8(10)11/h6-7H,3-5,9H2,1-2H3,(H,10,11)/t7-/m1/s1. The van der Waals surface area contributed by atoms with Crippen LogP contribution in [-0.2, 0) is 9.53 Å². The summed E-state index contributed by atoms with van der Waals surface area (Å²) in [4.78, 5) is 10.2. The van der Waals surface area contributed by atoms with Crippen molar-refractivity contribution in [3.63, 3.8) is 0 Å². The van der Waals surface area contributed by atoms with Gasteiger partial charge in [0.15, 0.2) is 0 Å². The van der Waals surface area contributed by atoms with Gasteiger partial charge in [-0.1, -0.05) is 13.8 Å². The molecule has 0 aliphatic carbocycles. The molecule has 0 radical (unpaired) electrons. The van der Waals surface area contributed by atoms with E-state index in [-0.39, 0.29) is 6.61 Å². The molecule has 0 aromatic heterocycles. The number of aliphatic carboxylic acids is 1. The topological polar surface area (TPSA) is 72.5 Å². The van der Waals surface area contributed by atoms with Crippen molar-refractivity contribution in [1.82, 2.24) is 0 Å². The van der Waals surface area contributed by atoms with Gasteiger partial charge in [-0.3, -0.25) is 4.79 Å². The summed E-state index contributed by atoms with van der Waals surface area (Å²) in [5.74, 6) is -0.439. The lowest BCUT2D eigenvalue weighted by Gasteiger charge is -2.08. The number of ether oxygens (including phenoxy) is 1. The maximum absolute atomic E-state index is 10.2. The number of carbonyl (C=O) groups is 1. The summed E-state index contributed by atoms with van der Waals surface area (Å²) in [5.41, 5.74) is 5.21. The van der Waals surface area contributed by atoms with Crippen molar-refractivity contribution in [2.24, 2.45) is 11.7 Å². The molecule has 0 amide bonds. The highest BCUT2D eigenvalue weighted by Gasteiger charge is 2.10. The maximum atomic E-state index is 10.2. The Kier molecular flexibility index (Phi) is 5.66. The van der Waals surface area contributed by atoms with Gasteiger partial charge in [-0.25, -0.2) is 0 Å². The first kappa shape index (κ1) is 11.4. The zero-order valence-corrected chi connectivity index (χ0v) is 7.62. The molecule has 3 N–H and O–H groups in total. The Hall–Kier alpha value is -0.610. The molecule has 0 unspecified atom stereocenters. The average Bonchev–Trinajstić information content (AvgIpc) is 1.97. The summed E-state index contributed by atoms with van der Waals surface area (Å²) in [5, 5.41) is 8.39. The maximum Gasteiger partial charge on any atom is 0.322 e. The molecule has 4 nitrogen and oxygen atoms in total. The van der Waals surface area contributed by atoms with Crippen LogP contribution in [0.5, 0.6) is 0 Å². The second kappa shape index (κ2) is 5.97. The van der Waals surface area contributed by atoms with Crippen LogP contribution in [0, 0.1) is 5.92 Å². The quantitative estimate of drug-likeness (QED) is 0.575. The lowest BCUT2D eigenvalue weighted by molar-refractivity contribution is -0.140. The molecule has 72 valence electrons. The Morgan fingerprint density at radius 2 is 2.17 bits per heavy atom. The minimum absolute atomic E-state index is 0.0993. The number of carboxylic acids is 1. The van der Waals surface area contributed by atoms with E-state index >= 15 is 0 Å². The zero-order valence-electron chi connectivity index (χ0n) is 7.62. The van der Waals surface area contributed by atoms with E-state index in [1.165, 1.54) is 0 Å². The summed E-state index contributed by atoms with van der Waals surface area (Å²) in [6.07, 6.45) is 0.937. The fourth-order valence-electron chi connectivity index (χ4n) is 0.601. The molecule has 0 spiro atoms. The highest BCUT2D eigenvalue weighted by Crippen LogP contribution is 1.98. The van der Waals surface area contributed by atoms with E-state index in [1.54, 1.807) is 0 Å². The minimum atomic E-state index is -1.01. The first-order valence-electron chi connectivity index (χ1n) is 4.10. The van der Waals surface area contributed by atoms with Crippen LogP contribution in [0.15, 0.2) is 0 Å². The number of rotatable bonds is 6. The van der Waals surface area contributed by atoms with Gasteiger partial charge in [-0.15, -0.1) is 0 Å². The van der Waals surface area contributed by atoms with Gasteiger partial charge in [-0.2, -0.15) is 0 Å². The first-order chi connectivity index (χ1) is 5.54. The lowest BCUT2D eigenvalue weighted by atomic mass is 10.1. The van der Waals surface area contributed by atoms with Crippen LogP contribution < -0.4 is 5.73 Å². The number of nitrogens with two attached hydrogens (primary N) is 1. The highest BCUT2D eigenvalue weighted by atomic mass is 16.5. The van der Waals surface area contributed by atoms with Crippen molar-refractivity contribution >= 4 is 5.97 Å². The number of carboxylic acid groups (broad SMARTS) is 1. The summed E-state index contributed by atoms with van der Waals surface area (Å²) in [6.45, 7) is 4.85. The second-order valence-corrected chi connectivity index (χ2v) is 3.20. The largest absolute Gasteiger partial charge is 0.480 e. The Balaban J connectivity index is 3.25. The Bertz CT molecular complexity index is 136. The zero-order chi connectivity index (χ0) is 9.56. The van der Waals surface area contributed by atoms with Gasteiger partial charge in [0.25, 0.3) is 0 Å². The predicted molar refractivity (Wildman–Crippen MR) is 45.9 cm³/mol. The van der Waals surface area contributed by atoms with Crippen molar-refractivity contribution < 1.29 is 14.6 Å². The van der Waals surface area contributed by atoms with E-state index < -0.39 is 12.0 Å². The number of hydrogen-bond donors (Lipinski definition) is 2. The fourth-order valence-corrected chi connectivity index (χ4v) is 0.601. The minimum Gasteiger partial charge on any atom is -0.480 e.